The number of hydrogen-bond donors (Lipinski definition) is 0. The summed E-state index contributed by atoms with van der Waals surface area (Å²) in [6.07, 6.45) is 0. The lowest BCUT2D eigenvalue weighted by molar-refractivity contribution is 0.101. The van der Waals surface area contributed by atoms with Crippen molar-refractivity contribution in [2.75, 3.05) is 0 Å². The number of carbonyl (C=O) groups is 1. The molecule has 0 aromatic heterocycles. The molecule has 0 fully saturated rings. The molecule has 0 bridgehead atoms. The third kappa shape index (κ3) is 3.01. The number of halogens is 2. The third-order valence-corrected chi connectivity index (χ3v) is 3.19. The molecule has 2 rings (SSSR count). The van der Waals surface area contributed by atoms with Crippen LogP contribution in [-0.2, 0) is 0 Å². The molecule has 2 aromatic carbocycles. The molecule has 0 amide bonds. The predicted molar refractivity (Wildman–Crippen MR) is 75.4 cm³/mol. The van der Waals surface area contributed by atoms with E-state index in [0.717, 1.165) is 10.0 Å². The SMILES string of the molecule is CC(=O)c1c(F)cccc1Oc1cc(Br)ccc1C. The van der Waals surface area contributed by atoms with Crippen LogP contribution in [0, 0.1) is 12.7 Å². The van der Waals surface area contributed by atoms with E-state index in [2.05, 4.69) is 15.9 Å². The lowest BCUT2D eigenvalue weighted by Gasteiger charge is -2.12. The number of aryl methyl sites for hydroxylation is 1. The van der Waals surface area contributed by atoms with Crippen LogP contribution in [0.2, 0.25) is 0 Å². The highest BCUT2D eigenvalue weighted by Gasteiger charge is 2.15. The van der Waals surface area contributed by atoms with Crippen molar-refractivity contribution in [3.8, 4) is 11.5 Å². The number of carbonyl (C=O) groups excluding carboxylic acids is 1. The number of ketones is 1. The van der Waals surface area contributed by atoms with Crippen molar-refractivity contribution in [3.63, 3.8) is 0 Å². The summed E-state index contributed by atoms with van der Waals surface area (Å²) < 4.78 is 20.2. The fourth-order valence-corrected chi connectivity index (χ4v) is 2.07. The van der Waals surface area contributed by atoms with Gasteiger partial charge in [0, 0.05) is 4.47 Å². The predicted octanol–water partition coefficient (Wildman–Crippen LogP) is 4.89. The first-order valence-corrected chi connectivity index (χ1v) is 6.52. The van der Waals surface area contributed by atoms with E-state index in [9.17, 15) is 9.18 Å². The van der Waals surface area contributed by atoms with Crippen LogP contribution in [0.4, 0.5) is 4.39 Å². The molecule has 98 valence electrons. The van der Waals surface area contributed by atoms with Crippen LogP contribution in [0.25, 0.3) is 0 Å². The lowest BCUT2D eigenvalue weighted by Crippen LogP contribution is -2.01. The van der Waals surface area contributed by atoms with Crippen LogP contribution < -0.4 is 4.74 Å². The first-order chi connectivity index (χ1) is 8.99. The smallest absolute Gasteiger partial charge is 0.166 e. The second-order valence-electron chi connectivity index (χ2n) is 4.18. The number of rotatable bonds is 3. The molecule has 0 saturated carbocycles. The van der Waals surface area contributed by atoms with Gasteiger partial charge in [-0.15, -0.1) is 0 Å². The Kier molecular flexibility index (Phi) is 4.00. The van der Waals surface area contributed by atoms with E-state index < -0.39 is 5.82 Å². The second kappa shape index (κ2) is 5.53. The zero-order valence-corrected chi connectivity index (χ0v) is 12.1. The monoisotopic (exact) mass is 322 g/mol. The Bertz CT molecular complexity index is 638. The molecule has 0 aliphatic rings. The van der Waals surface area contributed by atoms with E-state index in [1.807, 2.05) is 19.1 Å². The second-order valence-corrected chi connectivity index (χ2v) is 5.10. The highest BCUT2D eigenvalue weighted by atomic mass is 79.9. The van der Waals surface area contributed by atoms with Gasteiger partial charge < -0.3 is 4.74 Å². The van der Waals surface area contributed by atoms with Gasteiger partial charge in [0.25, 0.3) is 0 Å². The fourth-order valence-electron chi connectivity index (χ4n) is 1.73. The molecule has 0 saturated heterocycles. The summed E-state index contributed by atoms with van der Waals surface area (Å²) in [6, 6.07) is 9.90. The normalized spacial score (nSPS) is 10.3. The first-order valence-electron chi connectivity index (χ1n) is 5.72. The Balaban J connectivity index is 2.46. The molecule has 0 atom stereocenters. The Morgan fingerprint density at radius 2 is 1.95 bits per heavy atom. The van der Waals surface area contributed by atoms with Gasteiger partial charge in [-0.1, -0.05) is 28.1 Å². The van der Waals surface area contributed by atoms with Gasteiger partial charge in [0.1, 0.15) is 17.3 Å². The maximum atomic E-state index is 13.7. The molecule has 2 nitrogen and oxygen atoms in total. The Morgan fingerprint density at radius 1 is 1.21 bits per heavy atom. The third-order valence-electron chi connectivity index (χ3n) is 2.70. The zero-order valence-electron chi connectivity index (χ0n) is 10.5. The molecule has 4 heteroatoms. The number of Topliss-reactive ketones (excluding diaryl/α,β-unsaturated/α-hetero) is 1. The van der Waals surface area contributed by atoms with E-state index >= 15 is 0 Å². The van der Waals surface area contributed by atoms with Crippen LogP contribution in [-0.4, -0.2) is 5.78 Å². The highest BCUT2D eigenvalue weighted by molar-refractivity contribution is 9.10. The minimum atomic E-state index is -0.572. The van der Waals surface area contributed by atoms with Crippen molar-refractivity contribution in [1.29, 1.82) is 0 Å². The van der Waals surface area contributed by atoms with Gasteiger partial charge in [0.05, 0.1) is 5.56 Å². The number of ether oxygens (including phenoxy) is 1. The average Bonchev–Trinajstić information content (AvgIpc) is 2.33. The maximum Gasteiger partial charge on any atom is 0.166 e. The van der Waals surface area contributed by atoms with E-state index in [0.29, 0.717) is 5.75 Å². The summed E-state index contributed by atoms with van der Waals surface area (Å²) in [5.74, 6) is -0.116. The fraction of sp³-hybridized carbons (Fsp3) is 0.133. The quantitative estimate of drug-likeness (QED) is 0.752. The number of hydrogen-bond acceptors (Lipinski definition) is 2. The highest BCUT2D eigenvalue weighted by Crippen LogP contribution is 2.31. The van der Waals surface area contributed by atoms with Crippen LogP contribution in [0.5, 0.6) is 11.5 Å². The molecule has 19 heavy (non-hydrogen) atoms. The number of benzene rings is 2. The van der Waals surface area contributed by atoms with Crippen molar-refractivity contribution >= 4 is 21.7 Å². The molecule has 0 radical (unpaired) electrons. The van der Waals surface area contributed by atoms with E-state index in [1.165, 1.54) is 19.1 Å². The summed E-state index contributed by atoms with van der Waals surface area (Å²) in [6.45, 7) is 3.20. The van der Waals surface area contributed by atoms with Crippen LogP contribution >= 0.6 is 15.9 Å². The Labute approximate surface area is 119 Å². The molecule has 0 aliphatic heterocycles. The summed E-state index contributed by atoms with van der Waals surface area (Å²) >= 11 is 3.35. The van der Waals surface area contributed by atoms with Gasteiger partial charge in [-0.05, 0) is 43.7 Å². The summed E-state index contributed by atoms with van der Waals surface area (Å²) in [4.78, 5) is 11.5. The van der Waals surface area contributed by atoms with Crippen molar-refractivity contribution in [2.45, 2.75) is 13.8 Å². The minimum Gasteiger partial charge on any atom is -0.456 e. The van der Waals surface area contributed by atoms with Gasteiger partial charge in [0.2, 0.25) is 0 Å². The molecule has 0 aliphatic carbocycles. The standard InChI is InChI=1S/C15H12BrFO2/c1-9-6-7-11(16)8-14(9)19-13-5-3-4-12(17)15(13)10(2)18/h3-8H,1-2H3. The van der Waals surface area contributed by atoms with Crippen LogP contribution in [0.3, 0.4) is 0 Å². The Morgan fingerprint density at radius 3 is 2.63 bits per heavy atom. The van der Waals surface area contributed by atoms with E-state index in [-0.39, 0.29) is 17.1 Å². The summed E-state index contributed by atoms with van der Waals surface area (Å²) in [5, 5.41) is 0. The van der Waals surface area contributed by atoms with Crippen molar-refractivity contribution in [3.05, 3.63) is 57.8 Å². The van der Waals surface area contributed by atoms with Crippen molar-refractivity contribution < 1.29 is 13.9 Å². The Hall–Kier alpha value is -1.68. The molecular formula is C15H12BrFO2. The minimum absolute atomic E-state index is 0.0260. The topological polar surface area (TPSA) is 26.3 Å². The van der Waals surface area contributed by atoms with Gasteiger partial charge >= 0.3 is 0 Å². The van der Waals surface area contributed by atoms with Gasteiger partial charge in [-0.2, -0.15) is 0 Å². The molecule has 2 aromatic rings. The molecule has 0 spiro atoms. The van der Waals surface area contributed by atoms with Crippen molar-refractivity contribution in [1.82, 2.24) is 0 Å². The van der Waals surface area contributed by atoms with Crippen LogP contribution in [0.1, 0.15) is 22.8 Å². The van der Waals surface area contributed by atoms with Crippen molar-refractivity contribution in [2.24, 2.45) is 0 Å². The summed E-state index contributed by atoms with van der Waals surface area (Å²) in [5.41, 5.74) is 0.879. The maximum absolute atomic E-state index is 13.7. The molecular weight excluding hydrogens is 311 g/mol. The molecule has 0 heterocycles. The van der Waals surface area contributed by atoms with E-state index in [1.54, 1.807) is 12.1 Å². The first kappa shape index (κ1) is 13.7. The van der Waals surface area contributed by atoms with Gasteiger partial charge in [-0.3, -0.25) is 4.79 Å². The lowest BCUT2D eigenvalue weighted by atomic mass is 10.1. The molecule has 0 unspecified atom stereocenters. The summed E-state index contributed by atoms with van der Waals surface area (Å²) in [7, 11) is 0. The zero-order chi connectivity index (χ0) is 14.0. The molecule has 0 N–H and O–H groups in total. The van der Waals surface area contributed by atoms with Gasteiger partial charge in [-0.25, -0.2) is 4.39 Å². The average molecular weight is 323 g/mol. The van der Waals surface area contributed by atoms with E-state index in [4.69, 9.17) is 4.74 Å². The van der Waals surface area contributed by atoms with Crippen LogP contribution in [0.15, 0.2) is 40.9 Å². The largest absolute Gasteiger partial charge is 0.456 e. The van der Waals surface area contributed by atoms with Gasteiger partial charge in [0.15, 0.2) is 5.78 Å².